The number of carbonyl (C=O) groups is 1. The van der Waals surface area contributed by atoms with E-state index in [1.54, 1.807) is 6.07 Å². The molecule has 0 spiro atoms. The zero-order valence-corrected chi connectivity index (χ0v) is 17.2. The quantitative estimate of drug-likeness (QED) is 0.701. The molecule has 1 saturated heterocycles. The number of rotatable bonds is 7. The predicted octanol–water partition coefficient (Wildman–Crippen LogP) is 4.56. The summed E-state index contributed by atoms with van der Waals surface area (Å²) in [6.07, 6.45) is 3.52. The SMILES string of the molecule is CC1CCN(CCCNC(=O)c2ccccc2Sc2ccccc2C#N)CC1. The number of likely N-dealkylation sites (tertiary alicyclic amines) is 1. The summed E-state index contributed by atoms with van der Waals surface area (Å²) in [5.41, 5.74) is 1.28. The Hall–Kier alpha value is -2.29. The maximum atomic E-state index is 12.7. The maximum absolute atomic E-state index is 12.7. The molecule has 3 rings (SSSR count). The van der Waals surface area contributed by atoms with Gasteiger partial charge in [0.1, 0.15) is 6.07 Å². The smallest absolute Gasteiger partial charge is 0.252 e. The molecular formula is C23H27N3OS. The van der Waals surface area contributed by atoms with Gasteiger partial charge in [-0.1, -0.05) is 43.0 Å². The second-order valence-electron chi connectivity index (χ2n) is 7.34. The molecule has 1 aliphatic heterocycles. The summed E-state index contributed by atoms with van der Waals surface area (Å²) in [7, 11) is 0. The molecule has 146 valence electrons. The summed E-state index contributed by atoms with van der Waals surface area (Å²) in [5, 5.41) is 12.4. The number of amides is 1. The van der Waals surface area contributed by atoms with Crippen LogP contribution < -0.4 is 5.32 Å². The number of hydrogen-bond donors (Lipinski definition) is 1. The second-order valence-corrected chi connectivity index (χ2v) is 8.42. The van der Waals surface area contributed by atoms with Crippen LogP contribution in [0.3, 0.4) is 0 Å². The molecule has 4 nitrogen and oxygen atoms in total. The molecule has 0 bridgehead atoms. The van der Waals surface area contributed by atoms with Crippen molar-refractivity contribution in [1.29, 1.82) is 5.26 Å². The van der Waals surface area contributed by atoms with Gasteiger partial charge in [-0.05, 0) is 69.1 Å². The summed E-state index contributed by atoms with van der Waals surface area (Å²) >= 11 is 1.46. The highest BCUT2D eigenvalue weighted by atomic mass is 32.2. The van der Waals surface area contributed by atoms with Crippen molar-refractivity contribution >= 4 is 17.7 Å². The number of nitrogens with zero attached hydrogens (tertiary/aromatic N) is 2. The monoisotopic (exact) mass is 393 g/mol. The van der Waals surface area contributed by atoms with Crippen molar-refractivity contribution in [3.8, 4) is 6.07 Å². The Morgan fingerprint density at radius 1 is 1.14 bits per heavy atom. The number of nitriles is 1. The third-order valence-electron chi connectivity index (χ3n) is 5.17. The van der Waals surface area contributed by atoms with E-state index in [1.165, 1.54) is 37.7 Å². The Morgan fingerprint density at radius 2 is 1.82 bits per heavy atom. The van der Waals surface area contributed by atoms with E-state index in [9.17, 15) is 10.1 Å². The van der Waals surface area contributed by atoms with E-state index in [-0.39, 0.29) is 5.91 Å². The van der Waals surface area contributed by atoms with E-state index in [1.807, 2.05) is 42.5 Å². The highest BCUT2D eigenvalue weighted by molar-refractivity contribution is 7.99. The average Bonchev–Trinajstić information content (AvgIpc) is 2.73. The van der Waals surface area contributed by atoms with E-state index in [2.05, 4.69) is 23.2 Å². The lowest BCUT2D eigenvalue weighted by atomic mass is 9.99. The molecule has 0 atom stereocenters. The Labute approximate surface area is 171 Å². The lowest BCUT2D eigenvalue weighted by molar-refractivity contribution is 0.0947. The second kappa shape index (κ2) is 10.3. The van der Waals surface area contributed by atoms with Crippen LogP contribution in [0.1, 0.15) is 42.1 Å². The molecule has 0 aromatic heterocycles. The van der Waals surface area contributed by atoms with Crippen molar-refractivity contribution in [1.82, 2.24) is 10.2 Å². The normalized spacial score (nSPS) is 15.1. The molecular weight excluding hydrogens is 366 g/mol. The lowest BCUT2D eigenvalue weighted by Crippen LogP contribution is -2.35. The van der Waals surface area contributed by atoms with Crippen LogP contribution in [0, 0.1) is 17.2 Å². The van der Waals surface area contributed by atoms with E-state index in [0.717, 1.165) is 28.7 Å². The van der Waals surface area contributed by atoms with Crippen LogP contribution in [-0.4, -0.2) is 37.0 Å². The first-order valence-electron chi connectivity index (χ1n) is 9.94. The van der Waals surface area contributed by atoms with E-state index < -0.39 is 0 Å². The molecule has 1 heterocycles. The van der Waals surface area contributed by atoms with Crippen molar-refractivity contribution in [3.63, 3.8) is 0 Å². The van der Waals surface area contributed by atoms with E-state index >= 15 is 0 Å². The van der Waals surface area contributed by atoms with Gasteiger partial charge in [-0.2, -0.15) is 5.26 Å². The average molecular weight is 394 g/mol. The molecule has 0 aliphatic carbocycles. The first-order chi connectivity index (χ1) is 13.7. The Balaban J connectivity index is 1.55. The maximum Gasteiger partial charge on any atom is 0.252 e. The van der Waals surface area contributed by atoms with Crippen LogP contribution in [0.2, 0.25) is 0 Å². The van der Waals surface area contributed by atoms with Gasteiger partial charge in [0.2, 0.25) is 0 Å². The highest BCUT2D eigenvalue weighted by Crippen LogP contribution is 2.32. The van der Waals surface area contributed by atoms with Crippen molar-refractivity contribution in [3.05, 3.63) is 59.7 Å². The number of nitrogens with one attached hydrogen (secondary N) is 1. The molecule has 5 heteroatoms. The number of carbonyl (C=O) groups excluding carboxylic acids is 1. The summed E-state index contributed by atoms with van der Waals surface area (Å²) in [4.78, 5) is 16.9. The summed E-state index contributed by atoms with van der Waals surface area (Å²) < 4.78 is 0. The topological polar surface area (TPSA) is 56.1 Å². The van der Waals surface area contributed by atoms with Gasteiger partial charge < -0.3 is 10.2 Å². The van der Waals surface area contributed by atoms with Gasteiger partial charge in [0.05, 0.1) is 11.1 Å². The minimum absolute atomic E-state index is 0.0511. The molecule has 0 saturated carbocycles. The first-order valence-corrected chi connectivity index (χ1v) is 10.8. The Bertz CT molecular complexity index is 838. The molecule has 1 N–H and O–H groups in total. The van der Waals surface area contributed by atoms with Gasteiger partial charge in [0, 0.05) is 16.3 Å². The van der Waals surface area contributed by atoms with E-state index in [0.29, 0.717) is 17.7 Å². The minimum Gasteiger partial charge on any atom is -0.352 e. The Morgan fingerprint density at radius 3 is 2.57 bits per heavy atom. The zero-order valence-electron chi connectivity index (χ0n) is 16.4. The minimum atomic E-state index is -0.0511. The van der Waals surface area contributed by atoms with Crippen LogP contribution in [0.4, 0.5) is 0 Å². The molecule has 0 unspecified atom stereocenters. The fraction of sp³-hybridized carbons (Fsp3) is 0.391. The van der Waals surface area contributed by atoms with Crippen molar-refractivity contribution in [2.75, 3.05) is 26.2 Å². The summed E-state index contributed by atoms with van der Waals surface area (Å²) in [6, 6.07) is 17.3. The number of hydrogen-bond acceptors (Lipinski definition) is 4. The van der Waals surface area contributed by atoms with Gasteiger partial charge in [0.25, 0.3) is 5.91 Å². The van der Waals surface area contributed by atoms with Crippen LogP contribution in [-0.2, 0) is 0 Å². The fourth-order valence-corrected chi connectivity index (χ4v) is 4.42. The zero-order chi connectivity index (χ0) is 19.8. The predicted molar refractivity (Wildman–Crippen MR) is 114 cm³/mol. The molecule has 2 aromatic rings. The molecule has 1 fully saturated rings. The third kappa shape index (κ3) is 5.60. The van der Waals surface area contributed by atoms with Gasteiger partial charge in [0.15, 0.2) is 0 Å². The van der Waals surface area contributed by atoms with Gasteiger partial charge in [-0.15, -0.1) is 0 Å². The summed E-state index contributed by atoms with van der Waals surface area (Å²) in [5.74, 6) is 0.793. The van der Waals surface area contributed by atoms with Gasteiger partial charge in [-0.25, -0.2) is 0 Å². The number of benzene rings is 2. The highest BCUT2D eigenvalue weighted by Gasteiger charge is 2.16. The van der Waals surface area contributed by atoms with Crippen LogP contribution >= 0.6 is 11.8 Å². The first kappa shape index (κ1) is 20.4. The number of piperidine rings is 1. The standard InChI is InChI=1S/C23H27N3OS/c1-18-11-15-26(16-12-18)14-6-13-25-23(27)20-8-3-5-10-22(20)28-21-9-4-2-7-19(21)17-24/h2-5,7-10,18H,6,11-16H2,1H3,(H,25,27). The largest absolute Gasteiger partial charge is 0.352 e. The third-order valence-corrected chi connectivity index (χ3v) is 6.32. The molecule has 1 amide bonds. The Kier molecular flexibility index (Phi) is 7.53. The van der Waals surface area contributed by atoms with E-state index in [4.69, 9.17) is 0 Å². The van der Waals surface area contributed by atoms with Crippen LogP contribution in [0.15, 0.2) is 58.3 Å². The molecule has 1 aliphatic rings. The van der Waals surface area contributed by atoms with Gasteiger partial charge in [-0.3, -0.25) is 4.79 Å². The summed E-state index contributed by atoms with van der Waals surface area (Å²) in [6.45, 7) is 6.39. The van der Waals surface area contributed by atoms with Crippen LogP contribution in [0.25, 0.3) is 0 Å². The van der Waals surface area contributed by atoms with Crippen molar-refractivity contribution in [2.24, 2.45) is 5.92 Å². The van der Waals surface area contributed by atoms with Crippen LogP contribution in [0.5, 0.6) is 0 Å². The molecule has 0 radical (unpaired) electrons. The fourth-order valence-electron chi connectivity index (χ4n) is 3.40. The lowest BCUT2D eigenvalue weighted by Gasteiger charge is -2.30. The molecule has 2 aromatic carbocycles. The van der Waals surface area contributed by atoms with Crippen molar-refractivity contribution in [2.45, 2.75) is 36.0 Å². The molecule has 28 heavy (non-hydrogen) atoms. The van der Waals surface area contributed by atoms with Gasteiger partial charge >= 0.3 is 0 Å². The van der Waals surface area contributed by atoms with Crippen molar-refractivity contribution < 1.29 is 4.79 Å².